The summed E-state index contributed by atoms with van der Waals surface area (Å²) in [7, 11) is 0. The molecule has 2 N–H and O–H groups in total. The standard InChI is InChI=1S/C11H15ClN2O/c1-7(2)10(15)4-3-8-5-9(12)6-14-11(8)13/h5-7H,3-4H2,1-2H3,(H2,13,14). The minimum atomic E-state index is 0.0679. The van der Waals surface area contributed by atoms with E-state index in [2.05, 4.69) is 4.98 Å². The molecule has 0 amide bonds. The van der Waals surface area contributed by atoms with Gasteiger partial charge in [0.1, 0.15) is 11.6 Å². The molecule has 0 spiro atoms. The van der Waals surface area contributed by atoms with E-state index in [1.807, 2.05) is 13.8 Å². The number of aryl methyl sites for hydroxylation is 1. The number of rotatable bonds is 4. The summed E-state index contributed by atoms with van der Waals surface area (Å²) in [6.45, 7) is 3.78. The van der Waals surface area contributed by atoms with Crippen LogP contribution >= 0.6 is 11.6 Å². The Bertz CT molecular complexity index is 364. The maximum atomic E-state index is 11.4. The molecule has 0 radical (unpaired) electrons. The number of ketones is 1. The Kier molecular flexibility index (Phi) is 4.09. The third kappa shape index (κ3) is 3.51. The first-order chi connectivity index (χ1) is 7.00. The van der Waals surface area contributed by atoms with Crippen molar-refractivity contribution in [2.24, 2.45) is 5.92 Å². The quantitative estimate of drug-likeness (QED) is 0.858. The summed E-state index contributed by atoms with van der Waals surface area (Å²) in [6.07, 6.45) is 2.60. The molecule has 0 saturated carbocycles. The summed E-state index contributed by atoms with van der Waals surface area (Å²) in [5.74, 6) is 0.753. The van der Waals surface area contributed by atoms with Crippen LogP contribution in [0.3, 0.4) is 0 Å². The van der Waals surface area contributed by atoms with E-state index in [0.29, 0.717) is 23.7 Å². The molecule has 0 atom stereocenters. The second-order valence-electron chi connectivity index (χ2n) is 3.82. The zero-order valence-corrected chi connectivity index (χ0v) is 9.71. The van der Waals surface area contributed by atoms with E-state index < -0.39 is 0 Å². The number of carbonyl (C=O) groups excluding carboxylic acids is 1. The number of pyridine rings is 1. The number of carbonyl (C=O) groups is 1. The normalized spacial score (nSPS) is 10.7. The van der Waals surface area contributed by atoms with Gasteiger partial charge in [-0.2, -0.15) is 0 Å². The highest BCUT2D eigenvalue weighted by atomic mass is 35.5. The third-order valence-electron chi connectivity index (χ3n) is 2.25. The lowest BCUT2D eigenvalue weighted by Crippen LogP contribution is -2.09. The molecule has 1 aromatic rings. The highest BCUT2D eigenvalue weighted by Crippen LogP contribution is 2.17. The Morgan fingerprint density at radius 2 is 2.27 bits per heavy atom. The Morgan fingerprint density at radius 3 is 2.87 bits per heavy atom. The Morgan fingerprint density at radius 1 is 1.60 bits per heavy atom. The smallest absolute Gasteiger partial charge is 0.135 e. The predicted octanol–water partition coefficient (Wildman–Crippen LogP) is 2.47. The molecule has 1 aromatic heterocycles. The van der Waals surface area contributed by atoms with Crippen LogP contribution in [-0.4, -0.2) is 10.8 Å². The molecular weight excluding hydrogens is 212 g/mol. The van der Waals surface area contributed by atoms with Gasteiger partial charge in [0.25, 0.3) is 0 Å². The lowest BCUT2D eigenvalue weighted by molar-refractivity contribution is -0.121. The summed E-state index contributed by atoms with van der Waals surface area (Å²) in [5, 5.41) is 0.552. The average molecular weight is 227 g/mol. The first kappa shape index (κ1) is 12.0. The third-order valence-corrected chi connectivity index (χ3v) is 2.46. The van der Waals surface area contributed by atoms with Crippen LogP contribution in [0.5, 0.6) is 0 Å². The zero-order chi connectivity index (χ0) is 11.4. The number of anilines is 1. The maximum absolute atomic E-state index is 11.4. The first-order valence-corrected chi connectivity index (χ1v) is 5.31. The molecule has 0 aliphatic rings. The molecule has 4 heteroatoms. The van der Waals surface area contributed by atoms with E-state index in [1.165, 1.54) is 6.20 Å². The van der Waals surface area contributed by atoms with Crippen molar-refractivity contribution in [1.29, 1.82) is 0 Å². The predicted molar refractivity (Wildman–Crippen MR) is 61.8 cm³/mol. The van der Waals surface area contributed by atoms with E-state index in [4.69, 9.17) is 17.3 Å². The molecular formula is C11H15ClN2O. The van der Waals surface area contributed by atoms with Crippen molar-refractivity contribution in [3.63, 3.8) is 0 Å². The van der Waals surface area contributed by atoms with Gasteiger partial charge in [-0.05, 0) is 18.1 Å². The molecule has 1 heterocycles. The number of halogens is 1. The molecule has 0 unspecified atom stereocenters. The Labute approximate surface area is 94.6 Å². The fourth-order valence-electron chi connectivity index (χ4n) is 1.24. The number of nitrogen functional groups attached to an aromatic ring is 1. The number of Topliss-reactive ketones (excluding diaryl/α,β-unsaturated/α-hetero) is 1. The summed E-state index contributed by atoms with van der Waals surface area (Å²) >= 11 is 5.79. The topological polar surface area (TPSA) is 56.0 Å². The van der Waals surface area contributed by atoms with Gasteiger partial charge in [-0.25, -0.2) is 4.98 Å². The summed E-state index contributed by atoms with van der Waals surface area (Å²) < 4.78 is 0. The second-order valence-corrected chi connectivity index (χ2v) is 4.26. The lowest BCUT2D eigenvalue weighted by Gasteiger charge is -2.06. The summed E-state index contributed by atoms with van der Waals surface area (Å²) in [4.78, 5) is 15.4. The van der Waals surface area contributed by atoms with Crippen LogP contribution in [0, 0.1) is 5.92 Å². The molecule has 3 nitrogen and oxygen atoms in total. The Balaban J connectivity index is 2.65. The highest BCUT2D eigenvalue weighted by molar-refractivity contribution is 6.30. The van der Waals surface area contributed by atoms with E-state index in [-0.39, 0.29) is 11.7 Å². The average Bonchev–Trinajstić information content (AvgIpc) is 2.18. The van der Waals surface area contributed by atoms with E-state index >= 15 is 0 Å². The molecule has 0 aliphatic carbocycles. The zero-order valence-electron chi connectivity index (χ0n) is 8.96. The number of nitrogens with zero attached hydrogens (tertiary/aromatic N) is 1. The van der Waals surface area contributed by atoms with Crippen molar-refractivity contribution in [1.82, 2.24) is 4.98 Å². The molecule has 82 valence electrons. The van der Waals surface area contributed by atoms with Crippen molar-refractivity contribution in [3.8, 4) is 0 Å². The number of nitrogens with two attached hydrogens (primary N) is 1. The van der Waals surface area contributed by atoms with Crippen LogP contribution in [0.15, 0.2) is 12.3 Å². The van der Waals surface area contributed by atoms with Crippen molar-refractivity contribution < 1.29 is 4.79 Å². The van der Waals surface area contributed by atoms with Crippen molar-refractivity contribution in [2.45, 2.75) is 26.7 Å². The fraction of sp³-hybridized carbons (Fsp3) is 0.455. The minimum Gasteiger partial charge on any atom is -0.383 e. The summed E-state index contributed by atoms with van der Waals surface area (Å²) in [5.41, 5.74) is 6.51. The Hall–Kier alpha value is -1.09. The van der Waals surface area contributed by atoms with Gasteiger partial charge < -0.3 is 5.73 Å². The second kappa shape index (κ2) is 5.12. The van der Waals surface area contributed by atoms with Gasteiger partial charge >= 0.3 is 0 Å². The number of aromatic nitrogens is 1. The largest absolute Gasteiger partial charge is 0.383 e. The molecule has 0 bridgehead atoms. The summed E-state index contributed by atoms with van der Waals surface area (Å²) in [6, 6.07) is 1.76. The van der Waals surface area contributed by atoms with E-state index in [9.17, 15) is 4.79 Å². The number of hydrogen-bond acceptors (Lipinski definition) is 3. The van der Waals surface area contributed by atoms with Gasteiger partial charge in [-0.1, -0.05) is 25.4 Å². The van der Waals surface area contributed by atoms with Crippen molar-refractivity contribution in [3.05, 3.63) is 22.8 Å². The maximum Gasteiger partial charge on any atom is 0.135 e. The monoisotopic (exact) mass is 226 g/mol. The number of hydrogen-bond donors (Lipinski definition) is 1. The highest BCUT2D eigenvalue weighted by Gasteiger charge is 2.09. The molecule has 0 fully saturated rings. The van der Waals surface area contributed by atoms with Crippen LogP contribution in [0.1, 0.15) is 25.8 Å². The van der Waals surface area contributed by atoms with Crippen molar-refractivity contribution in [2.75, 3.05) is 5.73 Å². The molecule has 0 aliphatic heterocycles. The van der Waals surface area contributed by atoms with Gasteiger partial charge in [-0.15, -0.1) is 0 Å². The van der Waals surface area contributed by atoms with E-state index in [1.54, 1.807) is 6.07 Å². The first-order valence-electron chi connectivity index (χ1n) is 4.93. The van der Waals surface area contributed by atoms with Gasteiger partial charge in [0, 0.05) is 18.5 Å². The van der Waals surface area contributed by atoms with Crippen LogP contribution < -0.4 is 5.73 Å². The molecule has 15 heavy (non-hydrogen) atoms. The van der Waals surface area contributed by atoms with Gasteiger partial charge in [-0.3, -0.25) is 4.79 Å². The van der Waals surface area contributed by atoms with Crippen molar-refractivity contribution >= 4 is 23.2 Å². The fourth-order valence-corrected chi connectivity index (χ4v) is 1.42. The lowest BCUT2D eigenvalue weighted by atomic mass is 10.0. The molecule has 0 saturated heterocycles. The SMILES string of the molecule is CC(C)C(=O)CCc1cc(Cl)cnc1N. The van der Waals surface area contributed by atoms with Crippen LogP contribution in [0.25, 0.3) is 0 Å². The van der Waals surface area contributed by atoms with Gasteiger partial charge in [0.2, 0.25) is 0 Å². The van der Waals surface area contributed by atoms with Crippen LogP contribution in [0.4, 0.5) is 5.82 Å². The van der Waals surface area contributed by atoms with Gasteiger partial charge in [0.15, 0.2) is 0 Å². The molecule has 1 rings (SSSR count). The van der Waals surface area contributed by atoms with Crippen LogP contribution in [0.2, 0.25) is 5.02 Å². The van der Waals surface area contributed by atoms with Crippen LogP contribution in [-0.2, 0) is 11.2 Å². The molecule has 0 aromatic carbocycles. The van der Waals surface area contributed by atoms with E-state index in [0.717, 1.165) is 5.56 Å². The minimum absolute atomic E-state index is 0.0679. The van der Waals surface area contributed by atoms with Gasteiger partial charge in [0.05, 0.1) is 5.02 Å².